The Balaban J connectivity index is 2.47. The first-order valence-corrected chi connectivity index (χ1v) is 7.27. The molecule has 0 bridgehead atoms. The SMILES string of the molecule is CCCCCS(=O)(=O)NCc1ncccc1F. The smallest absolute Gasteiger partial charge is 0.211 e. The Kier molecular flexibility index (Phi) is 5.50. The predicted octanol–water partition coefficient (Wildman–Crippen LogP) is 1.83. The zero-order valence-electron chi connectivity index (χ0n) is 9.82. The Morgan fingerprint density at radius 1 is 1.41 bits per heavy atom. The standard InChI is InChI=1S/C11H17FN2O2S/c1-2-3-4-8-17(15,16)14-9-11-10(12)6-5-7-13-11/h5-7,14H,2-4,8-9H2,1H3. The van der Waals surface area contributed by atoms with Gasteiger partial charge in [-0.05, 0) is 18.6 Å². The second kappa shape index (κ2) is 6.66. The lowest BCUT2D eigenvalue weighted by molar-refractivity contribution is 0.566. The number of nitrogens with one attached hydrogen (secondary N) is 1. The molecule has 6 heteroatoms. The van der Waals surface area contributed by atoms with Crippen molar-refractivity contribution in [2.45, 2.75) is 32.7 Å². The molecule has 0 amide bonds. The topological polar surface area (TPSA) is 59.1 Å². The van der Waals surface area contributed by atoms with Gasteiger partial charge in [0, 0.05) is 6.20 Å². The van der Waals surface area contributed by atoms with Gasteiger partial charge < -0.3 is 0 Å². The normalized spacial score (nSPS) is 11.6. The maximum Gasteiger partial charge on any atom is 0.211 e. The van der Waals surface area contributed by atoms with Crippen LogP contribution in [0.5, 0.6) is 0 Å². The molecule has 0 saturated carbocycles. The Morgan fingerprint density at radius 2 is 2.18 bits per heavy atom. The fraction of sp³-hybridized carbons (Fsp3) is 0.545. The molecule has 1 rings (SSSR count). The van der Waals surface area contributed by atoms with Gasteiger partial charge in [0.2, 0.25) is 10.0 Å². The van der Waals surface area contributed by atoms with Crippen molar-refractivity contribution in [1.82, 2.24) is 9.71 Å². The van der Waals surface area contributed by atoms with Crippen LogP contribution in [-0.2, 0) is 16.6 Å². The highest BCUT2D eigenvalue weighted by Gasteiger charge is 2.11. The average Bonchev–Trinajstić information content (AvgIpc) is 2.28. The number of hydrogen-bond donors (Lipinski definition) is 1. The summed E-state index contributed by atoms with van der Waals surface area (Å²) in [6.07, 6.45) is 3.89. The van der Waals surface area contributed by atoms with Crippen molar-refractivity contribution < 1.29 is 12.8 Å². The number of nitrogens with zero attached hydrogens (tertiary/aromatic N) is 1. The summed E-state index contributed by atoms with van der Waals surface area (Å²) in [7, 11) is -3.33. The molecular formula is C11H17FN2O2S. The van der Waals surface area contributed by atoms with Gasteiger partial charge in [0.25, 0.3) is 0 Å². The van der Waals surface area contributed by atoms with Crippen LogP contribution in [0, 0.1) is 5.82 Å². The quantitative estimate of drug-likeness (QED) is 0.761. The molecule has 1 aromatic heterocycles. The van der Waals surface area contributed by atoms with Gasteiger partial charge >= 0.3 is 0 Å². The highest BCUT2D eigenvalue weighted by molar-refractivity contribution is 7.89. The molecule has 0 atom stereocenters. The third-order valence-electron chi connectivity index (χ3n) is 2.31. The summed E-state index contributed by atoms with van der Waals surface area (Å²) >= 11 is 0. The highest BCUT2D eigenvalue weighted by atomic mass is 32.2. The van der Waals surface area contributed by atoms with Crippen LogP contribution in [0.4, 0.5) is 4.39 Å². The van der Waals surface area contributed by atoms with Gasteiger partial charge in [0.15, 0.2) is 0 Å². The summed E-state index contributed by atoms with van der Waals surface area (Å²) in [4.78, 5) is 3.78. The summed E-state index contributed by atoms with van der Waals surface area (Å²) in [5.74, 6) is -0.418. The van der Waals surface area contributed by atoms with Crippen molar-refractivity contribution in [3.8, 4) is 0 Å². The zero-order chi connectivity index (χ0) is 12.7. The minimum absolute atomic E-state index is 0.0787. The third kappa shape index (κ3) is 5.23. The Morgan fingerprint density at radius 3 is 2.82 bits per heavy atom. The van der Waals surface area contributed by atoms with Crippen molar-refractivity contribution in [2.24, 2.45) is 0 Å². The average molecular weight is 260 g/mol. The molecule has 1 heterocycles. The largest absolute Gasteiger partial charge is 0.257 e. The Hall–Kier alpha value is -1.01. The van der Waals surface area contributed by atoms with Crippen molar-refractivity contribution in [2.75, 3.05) is 5.75 Å². The van der Waals surface area contributed by atoms with Gasteiger partial charge in [-0.25, -0.2) is 17.5 Å². The molecule has 0 spiro atoms. The fourth-order valence-corrected chi connectivity index (χ4v) is 2.43. The van der Waals surface area contributed by atoms with Crippen molar-refractivity contribution in [3.05, 3.63) is 29.8 Å². The van der Waals surface area contributed by atoms with Crippen molar-refractivity contribution in [1.29, 1.82) is 0 Å². The number of unbranched alkanes of at least 4 members (excludes halogenated alkanes) is 2. The maximum absolute atomic E-state index is 13.2. The minimum Gasteiger partial charge on any atom is -0.257 e. The summed E-state index contributed by atoms with van der Waals surface area (Å²) < 4.78 is 38.6. The van der Waals surface area contributed by atoms with Gasteiger partial charge in [-0.2, -0.15) is 0 Å². The Labute approximate surface area is 101 Å². The lowest BCUT2D eigenvalue weighted by atomic mass is 10.3. The van der Waals surface area contributed by atoms with E-state index >= 15 is 0 Å². The molecule has 0 unspecified atom stereocenters. The first-order chi connectivity index (χ1) is 8.05. The third-order valence-corrected chi connectivity index (χ3v) is 3.72. The first kappa shape index (κ1) is 14.1. The molecule has 0 aliphatic heterocycles. The summed E-state index contributed by atoms with van der Waals surface area (Å²) in [5.41, 5.74) is 0.117. The number of aromatic nitrogens is 1. The zero-order valence-corrected chi connectivity index (χ0v) is 10.6. The van der Waals surface area contributed by atoms with E-state index in [9.17, 15) is 12.8 Å². The van der Waals surface area contributed by atoms with Crippen LogP contribution in [0.25, 0.3) is 0 Å². The van der Waals surface area contributed by atoms with E-state index in [0.717, 1.165) is 12.8 Å². The molecule has 0 fully saturated rings. The molecule has 96 valence electrons. The van der Waals surface area contributed by atoms with Gasteiger partial charge in [-0.1, -0.05) is 19.8 Å². The molecule has 0 saturated heterocycles. The number of sulfonamides is 1. The fourth-order valence-electron chi connectivity index (χ4n) is 1.34. The molecular weight excluding hydrogens is 243 g/mol. The van der Waals surface area contributed by atoms with E-state index in [-0.39, 0.29) is 18.0 Å². The van der Waals surface area contributed by atoms with E-state index in [0.29, 0.717) is 6.42 Å². The molecule has 4 nitrogen and oxygen atoms in total. The summed E-state index contributed by atoms with van der Waals surface area (Å²) in [6, 6.07) is 2.72. The van der Waals surface area contributed by atoms with Crippen molar-refractivity contribution in [3.63, 3.8) is 0 Å². The van der Waals surface area contributed by atoms with E-state index in [2.05, 4.69) is 9.71 Å². The lowest BCUT2D eigenvalue weighted by Crippen LogP contribution is -2.26. The monoisotopic (exact) mass is 260 g/mol. The van der Waals surface area contributed by atoms with Crippen LogP contribution in [0.15, 0.2) is 18.3 Å². The lowest BCUT2D eigenvalue weighted by Gasteiger charge is -2.06. The van der Waals surface area contributed by atoms with E-state index in [1.165, 1.54) is 18.3 Å². The predicted molar refractivity (Wildman–Crippen MR) is 64.3 cm³/mol. The van der Waals surface area contributed by atoms with Gasteiger partial charge in [-0.3, -0.25) is 4.98 Å². The highest BCUT2D eigenvalue weighted by Crippen LogP contribution is 2.03. The molecule has 1 N–H and O–H groups in total. The first-order valence-electron chi connectivity index (χ1n) is 5.62. The van der Waals surface area contributed by atoms with E-state index in [1.54, 1.807) is 0 Å². The second-order valence-electron chi connectivity index (χ2n) is 3.78. The summed E-state index contributed by atoms with van der Waals surface area (Å²) in [5, 5.41) is 0. The number of pyridine rings is 1. The van der Waals surface area contributed by atoms with E-state index in [1.807, 2.05) is 6.92 Å². The van der Waals surface area contributed by atoms with Crippen molar-refractivity contribution >= 4 is 10.0 Å². The van der Waals surface area contributed by atoms with Crippen LogP contribution in [0.2, 0.25) is 0 Å². The van der Waals surface area contributed by atoms with Crippen LogP contribution >= 0.6 is 0 Å². The Bertz CT molecular complexity index is 449. The van der Waals surface area contributed by atoms with Crippen LogP contribution in [0.1, 0.15) is 31.9 Å². The van der Waals surface area contributed by atoms with Crippen LogP contribution in [-0.4, -0.2) is 19.2 Å². The molecule has 0 aliphatic rings. The van der Waals surface area contributed by atoms with Gasteiger partial charge in [0.1, 0.15) is 5.82 Å². The molecule has 0 aliphatic carbocycles. The molecule has 0 radical (unpaired) electrons. The van der Waals surface area contributed by atoms with E-state index in [4.69, 9.17) is 0 Å². The van der Waals surface area contributed by atoms with Gasteiger partial charge in [0.05, 0.1) is 18.0 Å². The number of halogens is 1. The molecule has 1 aromatic rings. The summed E-state index contributed by atoms with van der Waals surface area (Å²) in [6.45, 7) is 1.91. The second-order valence-corrected chi connectivity index (χ2v) is 5.71. The van der Waals surface area contributed by atoms with Crippen LogP contribution < -0.4 is 4.72 Å². The molecule has 17 heavy (non-hydrogen) atoms. The van der Waals surface area contributed by atoms with E-state index < -0.39 is 15.8 Å². The number of rotatable bonds is 7. The van der Waals surface area contributed by atoms with Gasteiger partial charge in [-0.15, -0.1) is 0 Å². The maximum atomic E-state index is 13.2. The van der Waals surface area contributed by atoms with Crippen LogP contribution in [0.3, 0.4) is 0 Å². The minimum atomic E-state index is -3.33. The molecule has 0 aromatic carbocycles. The number of hydrogen-bond acceptors (Lipinski definition) is 3.